The van der Waals surface area contributed by atoms with Crippen LogP contribution in [0.25, 0.3) is 0 Å². The van der Waals surface area contributed by atoms with Gasteiger partial charge < -0.3 is 10.4 Å². The van der Waals surface area contributed by atoms with Gasteiger partial charge in [0.25, 0.3) is 0 Å². The van der Waals surface area contributed by atoms with Crippen molar-refractivity contribution in [1.82, 2.24) is 5.32 Å². The molecule has 0 aromatic heterocycles. The lowest BCUT2D eigenvalue weighted by Crippen LogP contribution is -2.41. The highest BCUT2D eigenvalue weighted by atomic mass is 16.3. The summed E-state index contributed by atoms with van der Waals surface area (Å²) in [4.78, 5) is 0. The first-order valence-electron chi connectivity index (χ1n) is 8.22. The van der Waals surface area contributed by atoms with Crippen molar-refractivity contribution in [3.05, 3.63) is 35.9 Å². The summed E-state index contributed by atoms with van der Waals surface area (Å²) in [6, 6.07) is 11.3. The molecule has 1 fully saturated rings. The van der Waals surface area contributed by atoms with Crippen molar-refractivity contribution in [1.29, 1.82) is 0 Å². The van der Waals surface area contributed by atoms with E-state index < -0.39 is 0 Å². The standard InChI is InChI=1S/C18H29NO/c1-2-15-9-6-10-17(12-11-15)19-18(14-20)13-16-7-4-3-5-8-16/h3-5,7-8,15,17-20H,2,6,9-14H2,1H3. The number of hydrogen-bond acceptors (Lipinski definition) is 2. The van der Waals surface area contributed by atoms with Crippen LogP contribution in [0.3, 0.4) is 0 Å². The maximum absolute atomic E-state index is 9.62. The van der Waals surface area contributed by atoms with E-state index in [4.69, 9.17) is 0 Å². The van der Waals surface area contributed by atoms with Gasteiger partial charge in [-0.2, -0.15) is 0 Å². The van der Waals surface area contributed by atoms with Crippen LogP contribution >= 0.6 is 0 Å². The summed E-state index contributed by atoms with van der Waals surface area (Å²) < 4.78 is 0. The Morgan fingerprint density at radius 2 is 1.95 bits per heavy atom. The second-order valence-electron chi connectivity index (χ2n) is 6.22. The zero-order valence-electron chi connectivity index (χ0n) is 12.7. The van der Waals surface area contributed by atoms with Gasteiger partial charge in [0.05, 0.1) is 6.61 Å². The lowest BCUT2D eigenvalue weighted by Gasteiger charge is -2.24. The Morgan fingerprint density at radius 1 is 1.15 bits per heavy atom. The largest absolute Gasteiger partial charge is 0.395 e. The second kappa shape index (κ2) is 8.43. The highest BCUT2D eigenvalue weighted by molar-refractivity contribution is 5.16. The quantitative estimate of drug-likeness (QED) is 0.778. The fraction of sp³-hybridized carbons (Fsp3) is 0.667. The van der Waals surface area contributed by atoms with Crippen LogP contribution in [0.1, 0.15) is 51.0 Å². The van der Waals surface area contributed by atoms with E-state index in [0.717, 1.165) is 12.3 Å². The van der Waals surface area contributed by atoms with Crippen molar-refractivity contribution < 1.29 is 5.11 Å². The normalized spacial score (nSPS) is 25.1. The van der Waals surface area contributed by atoms with E-state index >= 15 is 0 Å². The van der Waals surface area contributed by atoms with Crippen LogP contribution in [0, 0.1) is 5.92 Å². The van der Waals surface area contributed by atoms with Gasteiger partial charge in [0.2, 0.25) is 0 Å². The van der Waals surface area contributed by atoms with Crippen molar-refractivity contribution in [3.63, 3.8) is 0 Å². The summed E-state index contributed by atoms with van der Waals surface area (Å²) in [6.07, 6.45) is 8.84. The highest BCUT2D eigenvalue weighted by Crippen LogP contribution is 2.25. The van der Waals surface area contributed by atoms with Gasteiger partial charge in [0.15, 0.2) is 0 Å². The van der Waals surface area contributed by atoms with Gasteiger partial charge in [-0.1, -0.05) is 56.5 Å². The van der Waals surface area contributed by atoms with Crippen LogP contribution in [0.5, 0.6) is 0 Å². The van der Waals surface area contributed by atoms with E-state index in [1.54, 1.807) is 0 Å². The molecule has 3 unspecified atom stereocenters. The van der Waals surface area contributed by atoms with Crippen LogP contribution in [-0.4, -0.2) is 23.8 Å². The topological polar surface area (TPSA) is 32.3 Å². The predicted molar refractivity (Wildman–Crippen MR) is 84.8 cm³/mol. The molecule has 1 aromatic carbocycles. The first-order chi connectivity index (χ1) is 9.81. The fourth-order valence-electron chi connectivity index (χ4n) is 3.36. The molecule has 0 saturated heterocycles. The van der Waals surface area contributed by atoms with Gasteiger partial charge in [-0.25, -0.2) is 0 Å². The molecule has 0 heterocycles. The molecule has 0 bridgehead atoms. The molecule has 1 aliphatic rings. The number of benzene rings is 1. The molecule has 2 rings (SSSR count). The number of nitrogens with one attached hydrogen (secondary N) is 1. The third-order valence-corrected chi connectivity index (χ3v) is 4.68. The molecule has 20 heavy (non-hydrogen) atoms. The molecule has 0 aliphatic heterocycles. The minimum atomic E-state index is 0.195. The Labute approximate surface area is 123 Å². The van der Waals surface area contributed by atoms with Crippen LogP contribution < -0.4 is 5.32 Å². The number of hydrogen-bond donors (Lipinski definition) is 2. The molecular formula is C18H29NO. The molecule has 0 radical (unpaired) electrons. The van der Waals surface area contributed by atoms with Crippen LogP contribution in [0.2, 0.25) is 0 Å². The maximum Gasteiger partial charge on any atom is 0.0587 e. The summed E-state index contributed by atoms with van der Waals surface area (Å²) in [5, 5.41) is 13.3. The molecule has 112 valence electrons. The predicted octanol–water partition coefficient (Wildman–Crippen LogP) is 3.54. The molecule has 2 heteroatoms. The molecule has 1 aromatic rings. The molecule has 0 amide bonds. The van der Waals surface area contributed by atoms with Gasteiger partial charge >= 0.3 is 0 Å². The van der Waals surface area contributed by atoms with E-state index in [9.17, 15) is 5.11 Å². The van der Waals surface area contributed by atoms with Crippen molar-refractivity contribution >= 4 is 0 Å². The zero-order valence-corrected chi connectivity index (χ0v) is 12.7. The Hall–Kier alpha value is -0.860. The number of rotatable bonds is 6. The monoisotopic (exact) mass is 275 g/mol. The molecular weight excluding hydrogens is 246 g/mol. The van der Waals surface area contributed by atoms with Crippen molar-refractivity contribution in [2.24, 2.45) is 5.92 Å². The average molecular weight is 275 g/mol. The molecule has 2 N–H and O–H groups in total. The zero-order chi connectivity index (χ0) is 14.2. The average Bonchev–Trinajstić information content (AvgIpc) is 2.72. The van der Waals surface area contributed by atoms with Gasteiger partial charge in [0.1, 0.15) is 0 Å². The first-order valence-corrected chi connectivity index (χ1v) is 8.22. The van der Waals surface area contributed by atoms with E-state index in [1.807, 2.05) is 6.07 Å². The summed E-state index contributed by atoms with van der Waals surface area (Å²) >= 11 is 0. The summed E-state index contributed by atoms with van der Waals surface area (Å²) in [5.41, 5.74) is 1.30. The van der Waals surface area contributed by atoms with Gasteiger partial charge in [-0.05, 0) is 37.2 Å². The Balaban J connectivity index is 1.83. The summed E-state index contributed by atoms with van der Waals surface area (Å²) in [5.74, 6) is 0.920. The van der Waals surface area contributed by atoms with E-state index in [-0.39, 0.29) is 12.6 Å². The lowest BCUT2D eigenvalue weighted by molar-refractivity contribution is 0.225. The Bertz CT molecular complexity index is 365. The minimum absolute atomic E-state index is 0.195. The molecule has 1 saturated carbocycles. The van der Waals surface area contributed by atoms with Crippen LogP contribution in [0.15, 0.2) is 30.3 Å². The Kier molecular flexibility index (Phi) is 6.55. The van der Waals surface area contributed by atoms with Gasteiger partial charge in [-0.15, -0.1) is 0 Å². The van der Waals surface area contributed by atoms with E-state index in [0.29, 0.717) is 6.04 Å². The first kappa shape index (κ1) is 15.5. The van der Waals surface area contributed by atoms with Crippen molar-refractivity contribution in [2.75, 3.05) is 6.61 Å². The molecule has 2 nitrogen and oxygen atoms in total. The van der Waals surface area contributed by atoms with Crippen molar-refractivity contribution in [3.8, 4) is 0 Å². The van der Waals surface area contributed by atoms with Gasteiger partial charge in [-0.3, -0.25) is 0 Å². The third kappa shape index (κ3) is 4.92. The number of aliphatic hydroxyl groups excluding tert-OH is 1. The molecule has 1 aliphatic carbocycles. The fourth-order valence-corrected chi connectivity index (χ4v) is 3.36. The van der Waals surface area contributed by atoms with Crippen LogP contribution in [-0.2, 0) is 6.42 Å². The Morgan fingerprint density at radius 3 is 2.65 bits per heavy atom. The maximum atomic E-state index is 9.62. The van der Waals surface area contributed by atoms with Crippen LogP contribution in [0.4, 0.5) is 0 Å². The molecule has 3 atom stereocenters. The van der Waals surface area contributed by atoms with Gasteiger partial charge in [0, 0.05) is 12.1 Å². The lowest BCUT2D eigenvalue weighted by atomic mass is 9.97. The summed E-state index contributed by atoms with van der Waals surface area (Å²) in [6.45, 7) is 2.53. The SMILES string of the molecule is CCC1CCCC(NC(CO)Cc2ccccc2)CC1. The highest BCUT2D eigenvalue weighted by Gasteiger charge is 2.20. The smallest absolute Gasteiger partial charge is 0.0587 e. The molecule has 0 spiro atoms. The minimum Gasteiger partial charge on any atom is -0.395 e. The van der Waals surface area contributed by atoms with E-state index in [2.05, 4.69) is 36.5 Å². The van der Waals surface area contributed by atoms with Crippen molar-refractivity contribution in [2.45, 2.75) is 64.0 Å². The summed E-state index contributed by atoms with van der Waals surface area (Å²) in [7, 11) is 0. The van der Waals surface area contributed by atoms with E-state index in [1.165, 1.54) is 44.1 Å². The third-order valence-electron chi connectivity index (χ3n) is 4.68. The number of aliphatic hydroxyl groups is 1. The second-order valence-corrected chi connectivity index (χ2v) is 6.22.